The Morgan fingerprint density at radius 1 is 0.826 bits per heavy atom. The van der Waals surface area contributed by atoms with Crippen molar-refractivity contribution < 1.29 is 19.1 Å². The minimum absolute atomic E-state index is 0.0684. The van der Waals surface area contributed by atoms with Gasteiger partial charge in [-0.3, -0.25) is 4.79 Å². The summed E-state index contributed by atoms with van der Waals surface area (Å²) in [4.78, 5) is 23.6. The third-order valence-electron chi connectivity index (χ3n) is 3.87. The average Bonchev–Trinajstić information content (AvgIpc) is 2.50. The van der Waals surface area contributed by atoms with Crippen LogP contribution in [-0.4, -0.2) is 24.6 Å². The minimum atomic E-state index is -0.777. The second kappa shape index (κ2) is 14.5. The molecule has 0 fully saturated rings. The summed E-state index contributed by atoms with van der Waals surface area (Å²) in [5.41, 5.74) is 0. The monoisotopic (exact) mass is 328 g/mol. The highest BCUT2D eigenvalue weighted by Gasteiger charge is 2.27. The van der Waals surface area contributed by atoms with Crippen LogP contribution in [0.5, 0.6) is 0 Å². The lowest BCUT2D eigenvalue weighted by Gasteiger charge is -2.19. The van der Waals surface area contributed by atoms with Gasteiger partial charge in [0, 0.05) is 12.3 Å². The molecule has 0 radical (unpaired) electrons. The number of ether oxygens (including phenoxy) is 2. The zero-order valence-electron chi connectivity index (χ0n) is 15.6. The van der Waals surface area contributed by atoms with Crippen LogP contribution in [0.1, 0.15) is 91.9 Å². The summed E-state index contributed by atoms with van der Waals surface area (Å²) in [7, 11) is 0. The molecule has 0 aliphatic carbocycles. The Bertz CT molecular complexity index is 312. The maximum absolute atomic E-state index is 11.8. The summed E-state index contributed by atoms with van der Waals surface area (Å²) in [6.45, 7) is 7.99. The highest BCUT2D eigenvalue weighted by molar-refractivity contribution is 5.79. The first kappa shape index (κ1) is 21.9. The first-order valence-corrected chi connectivity index (χ1v) is 9.39. The van der Waals surface area contributed by atoms with E-state index >= 15 is 0 Å². The molecule has 0 saturated heterocycles. The predicted molar refractivity (Wildman–Crippen MR) is 93.2 cm³/mol. The number of rotatable bonds is 14. The van der Waals surface area contributed by atoms with E-state index in [1.54, 1.807) is 6.92 Å². The molecule has 0 N–H and O–H groups in total. The third kappa shape index (κ3) is 12.1. The largest absolute Gasteiger partial charge is 0.463 e. The fraction of sp³-hybridized carbons (Fsp3) is 0.895. The Hall–Kier alpha value is -1.06. The summed E-state index contributed by atoms with van der Waals surface area (Å²) < 4.78 is 10.2. The quantitative estimate of drug-likeness (QED) is 0.331. The number of unbranched alkanes of at least 4 members (excludes halogenated alkanes) is 8. The fourth-order valence-electron chi connectivity index (χ4n) is 2.46. The van der Waals surface area contributed by atoms with Gasteiger partial charge >= 0.3 is 11.9 Å². The Labute approximate surface area is 142 Å². The summed E-state index contributed by atoms with van der Waals surface area (Å²) in [5.74, 6) is -0.802. The van der Waals surface area contributed by atoms with Crippen LogP contribution in [0.3, 0.4) is 0 Å². The lowest BCUT2D eigenvalue weighted by molar-refractivity contribution is -0.170. The van der Waals surface area contributed by atoms with Crippen LogP contribution in [0.2, 0.25) is 0 Å². The maximum Gasteiger partial charge on any atom is 0.347 e. The number of hydrogen-bond donors (Lipinski definition) is 0. The summed E-state index contributed by atoms with van der Waals surface area (Å²) in [5, 5.41) is 0. The number of esters is 2. The predicted octanol–water partition coefficient (Wildman–Crippen LogP) is 5.04. The van der Waals surface area contributed by atoms with Crippen molar-refractivity contribution in [1.29, 1.82) is 0 Å². The number of carbonyl (C=O) groups is 2. The molecule has 0 aliphatic rings. The Balaban J connectivity index is 3.74. The summed E-state index contributed by atoms with van der Waals surface area (Å²) >= 11 is 0. The number of carbonyl (C=O) groups excluding carboxylic acids is 2. The highest BCUT2D eigenvalue weighted by Crippen LogP contribution is 2.13. The molecule has 0 amide bonds. The van der Waals surface area contributed by atoms with Crippen molar-refractivity contribution in [3.63, 3.8) is 0 Å². The van der Waals surface area contributed by atoms with Gasteiger partial charge in [0.05, 0.1) is 6.61 Å². The van der Waals surface area contributed by atoms with E-state index in [9.17, 15) is 9.59 Å². The van der Waals surface area contributed by atoms with Gasteiger partial charge in [0.15, 0.2) is 0 Å². The van der Waals surface area contributed by atoms with E-state index in [1.807, 2.05) is 13.8 Å². The van der Waals surface area contributed by atoms with Crippen molar-refractivity contribution in [1.82, 2.24) is 0 Å². The van der Waals surface area contributed by atoms with Gasteiger partial charge in [-0.15, -0.1) is 0 Å². The first-order valence-electron chi connectivity index (χ1n) is 9.39. The van der Waals surface area contributed by atoms with Crippen LogP contribution < -0.4 is 0 Å². The average molecular weight is 328 g/mol. The Morgan fingerprint density at radius 3 is 1.83 bits per heavy atom. The third-order valence-corrected chi connectivity index (χ3v) is 3.87. The van der Waals surface area contributed by atoms with Crippen LogP contribution in [0.4, 0.5) is 0 Å². The molecule has 0 aromatic heterocycles. The topological polar surface area (TPSA) is 52.6 Å². The van der Waals surface area contributed by atoms with E-state index in [0.29, 0.717) is 13.0 Å². The lowest BCUT2D eigenvalue weighted by Crippen LogP contribution is -2.33. The molecule has 0 bridgehead atoms. The van der Waals surface area contributed by atoms with E-state index in [1.165, 1.54) is 44.9 Å². The van der Waals surface area contributed by atoms with E-state index < -0.39 is 12.1 Å². The summed E-state index contributed by atoms with van der Waals surface area (Å²) in [6, 6.07) is 0. The normalized spacial score (nSPS) is 12.2. The van der Waals surface area contributed by atoms with Crippen molar-refractivity contribution in [2.24, 2.45) is 5.92 Å². The molecule has 136 valence electrons. The van der Waals surface area contributed by atoms with Crippen LogP contribution in [0.25, 0.3) is 0 Å². The van der Waals surface area contributed by atoms with Crippen LogP contribution >= 0.6 is 0 Å². The number of hydrogen-bond acceptors (Lipinski definition) is 4. The molecule has 4 nitrogen and oxygen atoms in total. The molecule has 0 aromatic carbocycles. The maximum atomic E-state index is 11.8. The van der Waals surface area contributed by atoms with Gasteiger partial charge in [0.25, 0.3) is 0 Å². The highest BCUT2D eigenvalue weighted by atomic mass is 16.6. The van der Waals surface area contributed by atoms with Gasteiger partial charge < -0.3 is 9.47 Å². The van der Waals surface area contributed by atoms with Crippen molar-refractivity contribution in [2.75, 3.05) is 6.61 Å². The molecule has 1 unspecified atom stereocenters. The second-order valence-corrected chi connectivity index (χ2v) is 6.48. The minimum Gasteiger partial charge on any atom is -0.463 e. The molecule has 4 heteroatoms. The van der Waals surface area contributed by atoms with E-state index in [-0.39, 0.29) is 11.9 Å². The SMILES string of the molecule is CCCCCCCCCCCC(=O)OC(C(=O)OCC)C(C)C. The van der Waals surface area contributed by atoms with Crippen molar-refractivity contribution >= 4 is 11.9 Å². The van der Waals surface area contributed by atoms with Crippen molar-refractivity contribution in [3.05, 3.63) is 0 Å². The molecular weight excluding hydrogens is 292 g/mol. The van der Waals surface area contributed by atoms with Gasteiger partial charge in [-0.2, -0.15) is 0 Å². The molecule has 0 heterocycles. The van der Waals surface area contributed by atoms with E-state index in [4.69, 9.17) is 9.47 Å². The lowest BCUT2D eigenvalue weighted by atomic mass is 10.1. The smallest absolute Gasteiger partial charge is 0.347 e. The molecule has 0 spiro atoms. The molecule has 0 aliphatic heterocycles. The van der Waals surface area contributed by atoms with Crippen LogP contribution in [-0.2, 0) is 19.1 Å². The van der Waals surface area contributed by atoms with Gasteiger partial charge in [0.1, 0.15) is 0 Å². The van der Waals surface area contributed by atoms with Gasteiger partial charge in [-0.25, -0.2) is 4.79 Å². The fourth-order valence-corrected chi connectivity index (χ4v) is 2.46. The molecule has 0 saturated carbocycles. The first-order chi connectivity index (χ1) is 11.0. The zero-order chi connectivity index (χ0) is 17.5. The van der Waals surface area contributed by atoms with Crippen molar-refractivity contribution in [2.45, 2.75) is 98.0 Å². The van der Waals surface area contributed by atoms with Gasteiger partial charge in [-0.1, -0.05) is 72.1 Å². The molecule has 1 atom stereocenters. The zero-order valence-corrected chi connectivity index (χ0v) is 15.6. The Morgan fingerprint density at radius 2 is 1.35 bits per heavy atom. The van der Waals surface area contributed by atoms with E-state index in [0.717, 1.165) is 12.8 Å². The molecule has 0 aromatic rings. The molecular formula is C19H36O4. The van der Waals surface area contributed by atoms with Gasteiger partial charge in [0.2, 0.25) is 6.10 Å². The van der Waals surface area contributed by atoms with Gasteiger partial charge in [-0.05, 0) is 13.3 Å². The van der Waals surface area contributed by atoms with Crippen molar-refractivity contribution in [3.8, 4) is 0 Å². The van der Waals surface area contributed by atoms with Crippen LogP contribution in [0.15, 0.2) is 0 Å². The molecule has 23 heavy (non-hydrogen) atoms. The van der Waals surface area contributed by atoms with E-state index in [2.05, 4.69) is 6.92 Å². The second-order valence-electron chi connectivity index (χ2n) is 6.48. The Kier molecular flexibility index (Phi) is 13.9. The molecule has 0 rings (SSSR count). The standard InChI is InChI=1S/C19H36O4/c1-5-7-8-9-10-11-12-13-14-15-17(20)23-18(16(3)4)19(21)22-6-2/h16,18H,5-15H2,1-4H3. The van der Waals surface area contributed by atoms with Crippen LogP contribution in [0, 0.1) is 5.92 Å². The summed E-state index contributed by atoms with van der Waals surface area (Å²) in [6.07, 6.45) is 10.5.